The molecule has 1 aliphatic heterocycles. The number of hydrogen-bond donors (Lipinski definition) is 0. The van der Waals surface area contributed by atoms with Gasteiger partial charge in [0.05, 0.1) is 11.8 Å². The van der Waals surface area contributed by atoms with Crippen LogP contribution in [-0.2, 0) is 39.0 Å². The fourth-order valence-corrected chi connectivity index (χ4v) is 5.35. The minimum Gasteiger partial charge on any atom is -0.462 e. The van der Waals surface area contributed by atoms with Crippen molar-refractivity contribution in [2.75, 3.05) is 0 Å². The van der Waals surface area contributed by atoms with Crippen LogP contribution in [0.25, 0.3) is 0 Å². The Bertz CT molecular complexity index is 737. The lowest BCUT2D eigenvalue weighted by molar-refractivity contribution is -0.198. The van der Waals surface area contributed by atoms with Crippen molar-refractivity contribution in [2.24, 2.45) is 0 Å². The molecule has 0 spiro atoms. The Balaban J connectivity index is 2.36. The second kappa shape index (κ2) is 9.40. The summed E-state index contributed by atoms with van der Waals surface area (Å²) in [5.41, 5.74) is 0.679. The number of benzene rings is 1. The summed E-state index contributed by atoms with van der Waals surface area (Å²) in [5, 5.41) is 0.290. The topological polar surface area (TPSA) is 97.4 Å². The number of rotatable bonds is 8. The SMILES string of the molecule is CCCCCC1(C)OCc2cc([Si](OC(C)=O)(OC(C)=O)OC(C)=O)ccc2O1. The molecule has 29 heavy (non-hydrogen) atoms. The van der Waals surface area contributed by atoms with Gasteiger partial charge in [-0.15, -0.1) is 0 Å². The maximum absolute atomic E-state index is 11.7. The molecule has 1 aliphatic rings. The molecule has 0 saturated heterocycles. The maximum atomic E-state index is 11.7. The quantitative estimate of drug-likeness (QED) is 0.464. The molecule has 160 valence electrons. The standard InChI is InChI=1S/C20H28O8Si/c1-6-7-8-11-20(5)24-13-17-12-18(9-10-19(17)25-20)29(26-14(2)21,27-15(3)22)28-16(4)23/h9-10,12H,6-8,11,13H2,1-5H3. The van der Waals surface area contributed by atoms with E-state index in [1.807, 2.05) is 6.92 Å². The summed E-state index contributed by atoms with van der Waals surface area (Å²) in [5.74, 6) is -2.29. The van der Waals surface area contributed by atoms with Crippen LogP contribution in [0.15, 0.2) is 18.2 Å². The van der Waals surface area contributed by atoms with Crippen LogP contribution in [0.4, 0.5) is 0 Å². The van der Waals surface area contributed by atoms with Crippen molar-refractivity contribution in [3.05, 3.63) is 23.8 Å². The Morgan fingerprint density at radius 1 is 1.03 bits per heavy atom. The van der Waals surface area contributed by atoms with E-state index in [1.165, 1.54) is 0 Å². The molecule has 1 aromatic rings. The van der Waals surface area contributed by atoms with Crippen molar-refractivity contribution in [1.82, 2.24) is 0 Å². The van der Waals surface area contributed by atoms with Gasteiger partial charge in [0.2, 0.25) is 5.79 Å². The monoisotopic (exact) mass is 424 g/mol. The van der Waals surface area contributed by atoms with Crippen molar-refractivity contribution in [2.45, 2.75) is 72.7 Å². The van der Waals surface area contributed by atoms with Crippen LogP contribution < -0.4 is 9.92 Å². The van der Waals surface area contributed by atoms with E-state index in [-0.39, 0.29) is 6.61 Å². The van der Waals surface area contributed by atoms with Crippen molar-refractivity contribution in [3.63, 3.8) is 0 Å². The molecule has 1 heterocycles. The highest BCUT2D eigenvalue weighted by atomic mass is 28.4. The predicted molar refractivity (Wildman–Crippen MR) is 105 cm³/mol. The second-order valence-corrected chi connectivity index (χ2v) is 9.44. The van der Waals surface area contributed by atoms with Crippen LogP contribution in [-0.4, -0.2) is 32.5 Å². The normalized spacial score (nSPS) is 18.2. The van der Waals surface area contributed by atoms with Crippen LogP contribution in [0.1, 0.15) is 65.9 Å². The third kappa shape index (κ3) is 6.04. The molecule has 0 aromatic heterocycles. The predicted octanol–water partition coefficient (Wildman–Crippen LogP) is 2.73. The summed E-state index contributed by atoms with van der Waals surface area (Å²) in [6.07, 6.45) is 3.94. The molecule has 0 fully saturated rings. The van der Waals surface area contributed by atoms with Gasteiger partial charge in [-0.05, 0) is 24.6 Å². The number of ether oxygens (including phenoxy) is 2. The molecule has 0 radical (unpaired) electrons. The molecule has 0 aliphatic carbocycles. The van der Waals surface area contributed by atoms with E-state index in [0.29, 0.717) is 16.5 Å². The van der Waals surface area contributed by atoms with Crippen molar-refractivity contribution >= 4 is 31.9 Å². The molecule has 1 aromatic carbocycles. The molecular weight excluding hydrogens is 396 g/mol. The summed E-state index contributed by atoms with van der Waals surface area (Å²) in [6.45, 7) is 7.75. The molecule has 9 heteroatoms. The van der Waals surface area contributed by atoms with Gasteiger partial charge in [-0.3, -0.25) is 14.4 Å². The fourth-order valence-electron chi connectivity index (χ4n) is 3.10. The lowest BCUT2D eigenvalue weighted by Crippen LogP contribution is -2.59. The Kier molecular flexibility index (Phi) is 7.42. The highest BCUT2D eigenvalue weighted by molar-refractivity contribution is 6.79. The number of fused-ring (bicyclic) bond motifs is 1. The van der Waals surface area contributed by atoms with Crippen LogP contribution in [0.5, 0.6) is 5.75 Å². The number of unbranched alkanes of at least 4 members (excludes halogenated alkanes) is 2. The fraction of sp³-hybridized carbons (Fsp3) is 0.550. The van der Waals surface area contributed by atoms with Crippen LogP contribution in [0.3, 0.4) is 0 Å². The Morgan fingerprint density at radius 2 is 1.62 bits per heavy atom. The first-order valence-electron chi connectivity index (χ1n) is 9.64. The van der Waals surface area contributed by atoms with E-state index in [4.69, 9.17) is 22.8 Å². The second-order valence-electron chi connectivity index (χ2n) is 7.14. The highest BCUT2D eigenvalue weighted by Crippen LogP contribution is 2.34. The zero-order chi connectivity index (χ0) is 21.7. The average molecular weight is 425 g/mol. The first kappa shape index (κ1) is 22.9. The Morgan fingerprint density at radius 3 is 2.14 bits per heavy atom. The minimum absolute atomic E-state index is 0.260. The van der Waals surface area contributed by atoms with Gasteiger partial charge in [0.1, 0.15) is 5.75 Å². The molecule has 1 atom stereocenters. The largest absolute Gasteiger partial charge is 0.742 e. The van der Waals surface area contributed by atoms with E-state index in [1.54, 1.807) is 18.2 Å². The first-order valence-corrected chi connectivity index (χ1v) is 11.4. The smallest absolute Gasteiger partial charge is 0.462 e. The minimum atomic E-state index is -4.14. The van der Waals surface area contributed by atoms with E-state index < -0.39 is 32.5 Å². The number of carbonyl (C=O) groups is 3. The highest BCUT2D eigenvalue weighted by Gasteiger charge is 2.55. The Labute approximate surface area is 171 Å². The molecule has 0 saturated carbocycles. The van der Waals surface area contributed by atoms with Gasteiger partial charge < -0.3 is 22.8 Å². The summed E-state index contributed by atoms with van der Waals surface area (Å²) in [7, 11) is -4.14. The number of hydrogen-bond acceptors (Lipinski definition) is 8. The summed E-state index contributed by atoms with van der Waals surface area (Å²) in [4.78, 5) is 35.0. The first-order chi connectivity index (χ1) is 13.6. The summed E-state index contributed by atoms with van der Waals surface area (Å²) >= 11 is 0. The number of carbonyl (C=O) groups excluding carboxylic acids is 3. The maximum Gasteiger partial charge on any atom is 0.742 e. The molecular formula is C20H28O8Si. The molecule has 0 amide bonds. The van der Waals surface area contributed by atoms with Crippen molar-refractivity contribution < 1.29 is 37.1 Å². The Hall–Kier alpha value is -2.39. The summed E-state index contributed by atoms with van der Waals surface area (Å²) < 4.78 is 27.8. The van der Waals surface area contributed by atoms with Gasteiger partial charge in [-0.25, -0.2) is 0 Å². The third-order valence-corrected chi connectivity index (χ3v) is 7.03. The van der Waals surface area contributed by atoms with Crippen molar-refractivity contribution in [1.29, 1.82) is 0 Å². The molecule has 2 rings (SSSR count). The molecule has 0 bridgehead atoms. The lowest BCUT2D eigenvalue weighted by Gasteiger charge is -2.36. The van der Waals surface area contributed by atoms with Crippen LogP contribution >= 0.6 is 0 Å². The zero-order valence-corrected chi connectivity index (χ0v) is 18.5. The molecule has 1 unspecified atom stereocenters. The van der Waals surface area contributed by atoms with Gasteiger partial charge in [0.15, 0.2) is 0 Å². The van der Waals surface area contributed by atoms with Gasteiger partial charge in [-0.1, -0.05) is 19.8 Å². The zero-order valence-electron chi connectivity index (χ0n) is 17.5. The lowest BCUT2D eigenvalue weighted by atomic mass is 10.1. The van der Waals surface area contributed by atoms with Gasteiger partial charge in [0.25, 0.3) is 17.9 Å². The molecule has 8 nitrogen and oxygen atoms in total. The van der Waals surface area contributed by atoms with Crippen molar-refractivity contribution in [3.8, 4) is 5.75 Å². The van der Waals surface area contributed by atoms with E-state index in [0.717, 1.165) is 46.5 Å². The van der Waals surface area contributed by atoms with Crippen LogP contribution in [0.2, 0.25) is 0 Å². The van der Waals surface area contributed by atoms with E-state index in [2.05, 4.69) is 6.92 Å². The average Bonchev–Trinajstić information content (AvgIpc) is 2.59. The van der Waals surface area contributed by atoms with Gasteiger partial charge in [0, 0.05) is 39.7 Å². The van der Waals surface area contributed by atoms with Gasteiger partial charge in [-0.2, -0.15) is 0 Å². The third-order valence-electron chi connectivity index (χ3n) is 4.34. The molecule has 0 N–H and O–H groups in total. The van der Waals surface area contributed by atoms with E-state index >= 15 is 0 Å². The van der Waals surface area contributed by atoms with E-state index in [9.17, 15) is 14.4 Å². The van der Waals surface area contributed by atoms with Crippen LogP contribution in [0, 0.1) is 0 Å². The summed E-state index contributed by atoms with van der Waals surface area (Å²) in [6, 6.07) is 4.89. The van der Waals surface area contributed by atoms with Gasteiger partial charge >= 0.3 is 8.80 Å².